The van der Waals surface area contributed by atoms with Gasteiger partial charge < -0.3 is 18.8 Å². The summed E-state index contributed by atoms with van der Waals surface area (Å²) in [5, 5.41) is 0.957. The van der Waals surface area contributed by atoms with Gasteiger partial charge in [0.2, 0.25) is 5.88 Å². The minimum absolute atomic E-state index is 0.159. The van der Waals surface area contributed by atoms with Gasteiger partial charge in [0, 0.05) is 23.5 Å². The second-order valence-electron chi connectivity index (χ2n) is 9.88. The van der Waals surface area contributed by atoms with Crippen molar-refractivity contribution in [2.45, 2.75) is 46.5 Å². The summed E-state index contributed by atoms with van der Waals surface area (Å²) in [7, 11) is 3.95. The van der Waals surface area contributed by atoms with Crippen LogP contribution in [0.3, 0.4) is 0 Å². The Hall–Kier alpha value is -2.89. The molecule has 8 heteroatoms. The van der Waals surface area contributed by atoms with Gasteiger partial charge in [-0.25, -0.2) is 4.98 Å². The van der Waals surface area contributed by atoms with E-state index in [0.717, 1.165) is 28.1 Å². The van der Waals surface area contributed by atoms with E-state index in [1.54, 1.807) is 12.3 Å². The summed E-state index contributed by atoms with van der Waals surface area (Å²) < 4.78 is 19.5. The Morgan fingerprint density at radius 1 is 1.22 bits per heavy atom. The number of fused-ring (bicyclic) bond motifs is 1. The van der Waals surface area contributed by atoms with Crippen LogP contribution < -0.4 is 10.2 Å². The van der Waals surface area contributed by atoms with E-state index in [9.17, 15) is 4.79 Å². The zero-order chi connectivity index (χ0) is 26.2. The Bertz CT molecular complexity index is 1410. The molecule has 1 unspecified atom stereocenters. The molecule has 0 amide bonds. The molecule has 1 atom stereocenters. The van der Waals surface area contributed by atoms with Crippen molar-refractivity contribution < 1.29 is 14.2 Å². The molecule has 0 bridgehead atoms. The van der Waals surface area contributed by atoms with Crippen LogP contribution in [0.1, 0.15) is 36.2 Å². The lowest BCUT2D eigenvalue weighted by Crippen LogP contribution is -2.25. The van der Waals surface area contributed by atoms with Crippen LogP contribution in [0, 0.1) is 32.6 Å². The van der Waals surface area contributed by atoms with Crippen molar-refractivity contribution in [2.75, 3.05) is 33.9 Å². The van der Waals surface area contributed by atoms with Gasteiger partial charge in [-0.3, -0.25) is 9.69 Å². The highest BCUT2D eigenvalue weighted by Gasteiger charge is 2.33. The molecule has 3 heterocycles. The minimum Gasteiger partial charge on any atom is -0.474 e. The average molecular weight is 510 g/mol. The Balaban J connectivity index is 1.81. The minimum atomic E-state index is -0.655. The van der Waals surface area contributed by atoms with Gasteiger partial charge in [0.15, 0.2) is 11.2 Å². The molecule has 1 aliphatic rings. The van der Waals surface area contributed by atoms with E-state index in [0.29, 0.717) is 29.1 Å². The van der Waals surface area contributed by atoms with E-state index in [1.165, 1.54) is 0 Å². The molecule has 1 aromatic carbocycles. The summed E-state index contributed by atoms with van der Waals surface area (Å²) in [6.45, 7) is 10.8. The van der Waals surface area contributed by atoms with Crippen molar-refractivity contribution in [3.8, 4) is 23.4 Å². The van der Waals surface area contributed by atoms with Crippen LogP contribution in [0.2, 0.25) is 5.02 Å². The summed E-state index contributed by atoms with van der Waals surface area (Å²) in [6, 6.07) is 5.47. The molecule has 1 fully saturated rings. The van der Waals surface area contributed by atoms with Crippen LogP contribution in [0.4, 0.5) is 0 Å². The SMILES string of the molecule is Cc1cc(C#CCN(C)C)cc(Cl)c1-n1c(C)cc(=O)c2c(OCC3COC(C)(C)O3)ncc(C)c21. The first-order chi connectivity index (χ1) is 17.0. The molecule has 0 spiro atoms. The predicted octanol–water partition coefficient (Wildman–Crippen LogP) is 4.41. The van der Waals surface area contributed by atoms with Crippen LogP contribution in [0.15, 0.2) is 29.2 Å². The van der Waals surface area contributed by atoms with Crippen molar-refractivity contribution in [3.63, 3.8) is 0 Å². The Labute approximate surface area is 216 Å². The van der Waals surface area contributed by atoms with Crippen LogP contribution in [0.25, 0.3) is 16.6 Å². The first kappa shape index (κ1) is 26.2. The van der Waals surface area contributed by atoms with E-state index >= 15 is 0 Å². The van der Waals surface area contributed by atoms with Crippen molar-refractivity contribution >= 4 is 22.5 Å². The predicted molar refractivity (Wildman–Crippen MR) is 142 cm³/mol. The molecule has 0 saturated carbocycles. The number of hydrogen-bond acceptors (Lipinski definition) is 6. The van der Waals surface area contributed by atoms with Crippen molar-refractivity contribution in [1.29, 1.82) is 0 Å². The molecule has 2 aromatic heterocycles. The number of hydrogen-bond donors (Lipinski definition) is 0. The van der Waals surface area contributed by atoms with Gasteiger partial charge in [-0.05, 0) is 72.0 Å². The summed E-state index contributed by atoms with van der Waals surface area (Å²) in [4.78, 5) is 19.7. The van der Waals surface area contributed by atoms with E-state index in [-0.39, 0.29) is 24.0 Å². The zero-order valence-electron chi connectivity index (χ0n) is 21.9. The number of ether oxygens (including phenoxy) is 3. The topological polar surface area (TPSA) is 65.8 Å². The van der Waals surface area contributed by atoms with E-state index in [4.69, 9.17) is 25.8 Å². The maximum absolute atomic E-state index is 13.2. The molecule has 1 saturated heterocycles. The fourth-order valence-corrected chi connectivity index (χ4v) is 4.75. The van der Waals surface area contributed by atoms with Gasteiger partial charge >= 0.3 is 0 Å². The largest absolute Gasteiger partial charge is 0.474 e. The highest BCUT2D eigenvalue weighted by atomic mass is 35.5. The molecule has 0 aliphatic carbocycles. The fourth-order valence-electron chi connectivity index (χ4n) is 4.40. The molecule has 0 N–H and O–H groups in total. The summed E-state index contributed by atoms with van der Waals surface area (Å²) >= 11 is 6.83. The number of halogens is 1. The maximum atomic E-state index is 13.2. The third-order valence-corrected chi connectivity index (χ3v) is 6.23. The van der Waals surface area contributed by atoms with Gasteiger partial charge in [0.1, 0.15) is 18.1 Å². The Kier molecular flexibility index (Phi) is 7.44. The molecule has 0 radical (unpaired) electrons. The lowest BCUT2D eigenvalue weighted by molar-refractivity contribution is -0.141. The Morgan fingerprint density at radius 3 is 2.61 bits per heavy atom. The lowest BCUT2D eigenvalue weighted by atomic mass is 10.1. The highest BCUT2D eigenvalue weighted by molar-refractivity contribution is 6.32. The number of aryl methyl sites for hydroxylation is 3. The van der Waals surface area contributed by atoms with Crippen LogP contribution >= 0.6 is 11.6 Å². The quantitative estimate of drug-likeness (QED) is 0.475. The number of benzene rings is 1. The zero-order valence-corrected chi connectivity index (χ0v) is 22.6. The van der Waals surface area contributed by atoms with Gasteiger partial charge in [0.25, 0.3) is 0 Å². The maximum Gasteiger partial charge on any atom is 0.227 e. The van der Waals surface area contributed by atoms with E-state index < -0.39 is 5.79 Å². The summed E-state index contributed by atoms with van der Waals surface area (Å²) in [5.74, 6) is 5.94. The normalized spacial score (nSPS) is 16.9. The second-order valence-corrected chi connectivity index (χ2v) is 10.3. The third kappa shape index (κ3) is 5.42. The number of rotatable bonds is 5. The lowest BCUT2D eigenvalue weighted by Gasteiger charge is -2.21. The standard InChI is InChI=1S/C28H32ClN3O4/c1-17-11-20(9-8-10-31(6)7)13-22(29)25(17)32-19(3)12-23(33)24-26(32)18(2)14-30-27(24)34-15-21-16-35-28(4,5)36-21/h11-14,21H,10,15-16H2,1-7H3. The van der Waals surface area contributed by atoms with Gasteiger partial charge in [0.05, 0.1) is 29.4 Å². The third-order valence-electron chi connectivity index (χ3n) is 5.94. The molecular weight excluding hydrogens is 478 g/mol. The van der Waals surface area contributed by atoms with E-state index in [2.05, 4.69) is 16.8 Å². The number of nitrogens with zero attached hydrogens (tertiary/aromatic N) is 3. The first-order valence-electron chi connectivity index (χ1n) is 11.9. The summed E-state index contributed by atoms with van der Waals surface area (Å²) in [6.07, 6.45) is 1.47. The van der Waals surface area contributed by atoms with Crippen LogP contribution in [-0.2, 0) is 9.47 Å². The second kappa shape index (κ2) is 10.2. The first-order valence-corrected chi connectivity index (χ1v) is 12.3. The van der Waals surface area contributed by atoms with Crippen LogP contribution in [-0.4, -0.2) is 60.2 Å². The van der Waals surface area contributed by atoms with Gasteiger partial charge in [-0.2, -0.15) is 0 Å². The van der Waals surface area contributed by atoms with Crippen molar-refractivity contribution in [1.82, 2.24) is 14.5 Å². The molecular formula is C28H32ClN3O4. The van der Waals surface area contributed by atoms with Crippen molar-refractivity contribution in [2.24, 2.45) is 0 Å². The van der Waals surface area contributed by atoms with E-state index in [1.807, 2.05) is 70.3 Å². The molecule has 4 rings (SSSR count). The van der Waals surface area contributed by atoms with Crippen molar-refractivity contribution in [3.05, 3.63) is 62.0 Å². The van der Waals surface area contributed by atoms with Crippen LogP contribution in [0.5, 0.6) is 5.88 Å². The molecule has 7 nitrogen and oxygen atoms in total. The smallest absolute Gasteiger partial charge is 0.227 e. The monoisotopic (exact) mass is 509 g/mol. The number of pyridine rings is 2. The average Bonchev–Trinajstić information content (AvgIpc) is 3.13. The molecule has 190 valence electrons. The number of aromatic nitrogens is 2. The summed E-state index contributed by atoms with van der Waals surface area (Å²) in [5.41, 5.74) is 4.74. The van der Waals surface area contributed by atoms with Gasteiger partial charge in [-0.15, -0.1) is 0 Å². The fraction of sp³-hybridized carbons (Fsp3) is 0.429. The molecule has 3 aromatic rings. The highest BCUT2D eigenvalue weighted by Crippen LogP contribution is 2.33. The molecule has 36 heavy (non-hydrogen) atoms. The van der Waals surface area contributed by atoms with Gasteiger partial charge in [-0.1, -0.05) is 23.4 Å². The molecule has 1 aliphatic heterocycles. The Morgan fingerprint density at radius 2 is 1.97 bits per heavy atom.